The molecule has 1 saturated heterocycles. The summed E-state index contributed by atoms with van der Waals surface area (Å²) in [7, 11) is 0. The van der Waals surface area contributed by atoms with Crippen LogP contribution in [0.3, 0.4) is 0 Å². The summed E-state index contributed by atoms with van der Waals surface area (Å²) in [5.74, 6) is 0.513. The van der Waals surface area contributed by atoms with Gasteiger partial charge in [0.2, 0.25) is 0 Å². The second-order valence-electron chi connectivity index (χ2n) is 6.79. The number of carbonyl (C=O) groups is 1. The van der Waals surface area contributed by atoms with Crippen LogP contribution in [0.1, 0.15) is 28.6 Å². The zero-order chi connectivity index (χ0) is 20.4. The molecule has 6 heteroatoms. The number of carboxylic acid groups (broad SMARTS) is 1. The third kappa shape index (κ3) is 4.28. The minimum atomic E-state index is -0.940. The van der Waals surface area contributed by atoms with Crippen LogP contribution in [0.15, 0.2) is 76.1 Å². The topological polar surface area (TPSA) is 53.7 Å². The standard InChI is InChI=1S/C23H19NO3S2/c1-15-21(29-23(28)24(15)14-16-5-3-2-4-6-16)13-19-11-12-20(27-19)17-7-9-18(10-8-17)22(25)26/h2-13,15H,14H2,1H3,(H,25,26)/b21-13-. The zero-order valence-electron chi connectivity index (χ0n) is 15.7. The molecule has 2 heterocycles. The third-order valence-electron chi connectivity index (χ3n) is 4.84. The molecule has 2 aromatic carbocycles. The van der Waals surface area contributed by atoms with E-state index in [9.17, 15) is 4.79 Å². The molecule has 1 aliphatic rings. The van der Waals surface area contributed by atoms with Gasteiger partial charge in [-0.3, -0.25) is 0 Å². The van der Waals surface area contributed by atoms with Crippen LogP contribution in [0.2, 0.25) is 0 Å². The molecule has 1 atom stereocenters. The van der Waals surface area contributed by atoms with Gasteiger partial charge < -0.3 is 14.4 Å². The summed E-state index contributed by atoms with van der Waals surface area (Å²) in [6, 6.07) is 21.0. The zero-order valence-corrected chi connectivity index (χ0v) is 17.4. The van der Waals surface area contributed by atoms with Gasteiger partial charge in [0.25, 0.3) is 0 Å². The predicted molar refractivity (Wildman–Crippen MR) is 121 cm³/mol. The molecular weight excluding hydrogens is 402 g/mol. The molecule has 0 aliphatic carbocycles. The van der Waals surface area contributed by atoms with E-state index in [1.165, 1.54) is 5.56 Å². The van der Waals surface area contributed by atoms with Crippen molar-refractivity contribution in [2.24, 2.45) is 0 Å². The number of thiocarbonyl (C=S) groups is 1. The van der Waals surface area contributed by atoms with E-state index in [0.29, 0.717) is 5.76 Å². The first-order valence-corrected chi connectivity index (χ1v) is 10.4. The number of furan rings is 1. The van der Waals surface area contributed by atoms with Gasteiger partial charge in [-0.2, -0.15) is 0 Å². The van der Waals surface area contributed by atoms with E-state index in [4.69, 9.17) is 21.7 Å². The average molecular weight is 422 g/mol. The van der Waals surface area contributed by atoms with Crippen molar-refractivity contribution >= 4 is 40.3 Å². The number of rotatable bonds is 5. The van der Waals surface area contributed by atoms with Crippen molar-refractivity contribution in [3.8, 4) is 11.3 Å². The molecule has 1 aromatic heterocycles. The van der Waals surface area contributed by atoms with E-state index in [-0.39, 0.29) is 11.6 Å². The van der Waals surface area contributed by atoms with Crippen LogP contribution in [0, 0.1) is 0 Å². The van der Waals surface area contributed by atoms with Gasteiger partial charge in [0.15, 0.2) is 0 Å². The van der Waals surface area contributed by atoms with Gasteiger partial charge in [-0.05, 0) is 42.8 Å². The van der Waals surface area contributed by atoms with E-state index in [0.717, 1.165) is 27.1 Å². The lowest BCUT2D eigenvalue weighted by molar-refractivity contribution is 0.0697. The Bertz CT molecular complexity index is 1070. The van der Waals surface area contributed by atoms with Crippen molar-refractivity contribution in [1.82, 2.24) is 4.90 Å². The Labute approximate surface area is 178 Å². The summed E-state index contributed by atoms with van der Waals surface area (Å²) in [6.07, 6.45) is 2.03. The van der Waals surface area contributed by atoms with Gasteiger partial charge >= 0.3 is 5.97 Å². The molecule has 3 aromatic rings. The lowest BCUT2D eigenvalue weighted by Gasteiger charge is -2.22. The molecule has 1 unspecified atom stereocenters. The molecule has 1 aliphatic heterocycles. The van der Waals surface area contributed by atoms with Crippen molar-refractivity contribution in [1.29, 1.82) is 0 Å². The first kappa shape index (κ1) is 19.5. The van der Waals surface area contributed by atoms with Crippen molar-refractivity contribution in [3.05, 3.63) is 88.5 Å². The molecule has 0 amide bonds. The summed E-state index contributed by atoms with van der Waals surface area (Å²) in [6.45, 7) is 2.93. The van der Waals surface area contributed by atoms with Crippen LogP contribution in [-0.4, -0.2) is 26.3 Å². The Morgan fingerprint density at radius 2 is 1.86 bits per heavy atom. The number of hydrogen-bond donors (Lipinski definition) is 1. The Balaban J connectivity index is 1.51. The van der Waals surface area contributed by atoms with Gasteiger partial charge in [0.1, 0.15) is 15.8 Å². The van der Waals surface area contributed by atoms with Gasteiger partial charge in [-0.25, -0.2) is 4.79 Å². The second-order valence-corrected chi connectivity index (χ2v) is 8.50. The Hall–Kier alpha value is -2.83. The molecular formula is C23H19NO3S2. The van der Waals surface area contributed by atoms with Crippen LogP contribution in [0.4, 0.5) is 0 Å². The van der Waals surface area contributed by atoms with Gasteiger partial charge in [-0.15, -0.1) is 0 Å². The van der Waals surface area contributed by atoms with Crippen molar-refractivity contribution in [2.75, 3.05) is 0 Å². The molecule has 0 bridgehead atoms. The number of hydrogen-bond acceptors (Lipinski definition) is 4. The van der Waals surface area contributed by atoms with Crippen molar-refractivity contribution < 1.29 is 14.3 Å². The van der Waals surface area contributed by atoms with E-state index < -0.39 is 5.97 Å². The molecule has 0 saturated carbocycles. The van der Waals surface area contributed by atoms with Gasteiger partial charge in [0.05, 0.1) is 11.6 Å². The summed E-state index contributed by atoms with van der Waals surface area (Å²) in [5, 5.41) is 9.02. The molecule has 1 N–H and O–H groups in total. The smallest absolute Gasteiger partial charge is 0.335 e. The average Bonchev–Trinajstić information content (AvgIpc) is 3.29. The van der Waals surface area contributed by atoms with Crippen LogP contribution in [-0.2, 0) is 6.54 Å². The predicted octanol–water partition coefficient (Wildman–Crippen LogP) is 5.91. The molecule has 0 radical (unpaired) electrons. The normalized spacial score (nSPS) is 17.8. The van der Waals surface area contributed by atoms with Crippen LogP contribution >= 0.6 is 24.0 Å². The maximum absolute atomic E-state index is 11.0. The summed E-state index contributed by atoms with van der Waals surface area (Å²) >= 11 is 7.19. The number of nitrogens with zero attached hydrogens (tertiary/aromatic N) is 1. The summed E-state index contributed by atoms with van der Waals surface area (Å²) in [4.78, 5) is 14.4. The molecule has 29 heavy (non-hydrogen) atoms. The van der Waals surface area contributed by atoms with E-state index in [1.54, 1.807) is 36.0 Å². The molecule has 146 valence electrons. The third-order valence-corrected chi connectivity index (χ3v) is 6.43. The monoisotopic (exact) mass is 421 g/mol. The van der Waals surface area contributed by atoms with E-state index in [1.807, 2.05) is 36.4 Å². The highest BCUT2D eigenvalue weighted by atomic mass is 32.2. The SMILES string of the molecule is CC1/C(=C/c2ccc(-c3ccc(C(=O)O)cc3)o2)SC(=S)N1Cc1ccccc1. The second kappa shape index (κ2) is 8.27. The van der Waals surface area contributed by atoms with Crippen molar-refractivity contribution in [2.45, 2.75) is 19.5 Å². The fourth-order valence-electron chi connectivity index (χ4n) is 3.19. The minimum Gasteiger partial charge on any atom is -0.478 e. The number of aromatic carboxylic acids is 1. The molecule has 0 spiro atoms. The maximum atomic E-state index is 11.0. The van der Waals surface area contributed by atoms with Crippen molar-refractivity contribution in [3.63, 3.8) is 0 Å². The Morgan fingerprint density at radius 1 is 1.14 bits per heavy atom. The largest absolute Gasteiger partial charge is 0.478 e. The summed E-state index contributed by atoms with van der Waals surface area (Å²) in [5.41, 5.74) is 2.33. The number of thioether (sulfide) groups is 1. The number of carboxylic acids is 1. The highest BCUT2D eigenvalue weighted by Gasteiger charge is 2.30. The highest BCUT2D eigenvalue weighted by molar-refractivity contribution is 8.26. The summed E-state index contributed by atoms with van der Waals surface area (Å²) < 4.78 is 6.83. The quantitative estimate of drug-likeness (QED) is 0.517. The van der Waals surface area contributed by atoms with Crippen LogP contribution in [0.25, 0.3) is 17.4 Å². The fraction of sp³-hybridized carbons (Fsp3) is 0.130. The maximum Gasteiger partial charge on any atom is 0.335 e. The van der Waals surface area contributed by atoms with E-state index >= 15 is 0 Å². The molecule has 1 fully saturated rings. The first-order valence-electron chi connectivity index (χ1n) is 9.19. The highest BCUT2D eigenvalue weighted by Crippen LogP contribution is 2.38. The van der Waals surface area contributed by atoms with Crippen LogP contribution in [0.5, 0.6) is 0 Å². The Kier molecular flexibility index (Phi) is 5.56. The lowest BCUT2D eigenvalue weighted by atomic mass is 10.1. The first-order chi connectivity index (χ1) is 14.0. The van der Waals surface area contributed by atoms with E-state index in [2.05, 4.69) is 24.0 Å². The van der Waals surface area contributed by atoms with Gasteiger partial charge in [-0.1, -0.05) is 66.4 Å². The van der Waals surface area contributed by atoms with Crippen LogP contribution < -0.4 is 0 Å². The molecule has 4 nitrogen and oxygen atoms in total. The van der Waals surface area contributed by atoms with Gasteiger partial charge in [0, 0.05) is 17.0 Å². The lowest BCUT2D eigenvalue weighted by Crippen LogP contribution is -2.29. The number of benzene rings is 2. The minimum absolute atomic E-state index is 0.177. The molecule has 4 rings (SSSR count). The fourth-order valence-corrected chi connectivity index (χ4v) is 4.72. The Morgan fingerprint density at radius 3 is 2.55 bits per heavy atom.